The summed E-state index contributed by atoms with van der Waals surface area (Å²) in [6.45, 7) is 4.46. The highest BCUT2D eigenvalue weighted by Gasteiger charge is 2.57. The van der Waals surface area contributed by atoms with Gasteiger partial charge in [0.25, 0.3) is 5.69 Å². The van der Waals surface area contributed by atoms with Gasteiger partial charge in [0.15, 0.2) is 18.4 Å². The second-order valence-corrected chi connectivity index (χ2v) is 18.9. The Kier molecular flexibility index (Phi) is 18.6. The van der Waals surface area contributed by atoms with E-state index in [0.29, 0.717) is 6.61 Å². The number of nitrogens with zero attached hydrogens (tertiary/aromatic N) is 1. The highest BCUT2D eigenvalue weighted by atomic mass is 16.8. The molecule has 0 bridgehead atoms. The molecule has 16 heteroatoms. The predicted molar refractivity (Wildman–Crippen MR) is 272 cm³/mol. The first-order chi connectivity index (χ1) is 36.6. The van der Waals surface area contributed by atoms with Gasteiger partial charge in [-0.15, -0.1) is 0 Å². The zero-order valence-corrected chi connectivity index (χ0v) is 42.2. The minimum Gasteiger partial charge on any atom is -0.465 e. The van der Waals surface area contributed by atoms with Gasteiger partial charge in [-0.05, 0) is 53.8 Å². The van der Waals surface area contributed by atoms with Crippen molar-refractivity contribution in [3.05, 3.63) is 219 Å². The zero-order valence-electron chi connectivity index (χ0n) is 42.2. The zero-order chi connectivity index (χ0) is 52.0. The van der Waals surface area contributed by atoms with Gasteiger partial charge < -0.3 is 56.8 Å². The molecule has 0 amide bonds. The first-order valence-electron chi connectivity index (χ1n) is 25.1. The molecule has 16 nitrogen and oxygen atoms in total. The van der Waals surface area contributed by atoms with Crippen LogP contribution in [0.15, 0.2) is 170 Å². The molecule has 6 aromatic rings. The van der Waals surface area contributed by atoms with Crippen LogP contribution in [-0.4, -0.2) is 98.4 Å². The van der Waals surface area contributed by atoms with Crippen LogP contribution >= 0.6 is 0 Å². The lowest BCUT2D eigenvalue weighted by Crippen LogP contribution is -2.63. The molecule has 75 heavy (non-hydrogen) atoms. The third-order valence-electron chi connectivity index (χ3n) is 13.1. The average molecular weight is 1030 g/mol. The van der Waals surface area contributed by atoms with Crippen molar-refractivity contribution in [2.75, 3.05) is 20.3 Å². The standard InChI is InChI=1S/C59H63NO15/c1-59(2)74-53-51(67-34-42-23-13-6-14-24-42)48(38-65-32-40-19-9-4-10-20-40)72-58(55(53)75-59)71-39-49-50(66-33-41-21-11-5-12-22-41)52(68-35-43-25-15-7-16-26-43)54(69-36-44-27-17-8-18-28-44)57(73-49)70-37-46-30-29-45(56(61)64-3)31-47(46)60(62)63/h4-31,48-55,57-58H,32-39H2,1-3H3/t48-,49-,50-,51-,52+,53+,54+,55+,57+,58+/m1/s1. The van der Waals surface area contributed by atoms with Gasteiger partial charge in [0.05, 0.1) is 76.0 Å². The molecule has 3 fully saturated rings. The number of hydrogen-bond donors (Lipinski definition) is 0. The summed E-state index contributed by atoms with van der Waals surface area (Å²) >= 11 is 0. The molecule has 0 unspecified atom stereocenters. The second kappa shape index (κ2) is 26.0. The summed E-state index contributed by atoms with van der Waals surface area (Å²) in [5.74, 6) is -1.75. The van der Waals surface area contributed by atoms with Gasteiger partial charge in [0.1, 0.15) is 48.8 Å². The first-order valence-corrected chi connectivity index (χ1v) is 25.1. The largest absolute Gasteiger partial charge is 0.465 e. The van der Waals surface area contributed by atoms with Crippen LogP contribution in [0, 0.1) is 10.1 Å². The van der Waals surface area contributed by atoms with Crippen molar-refractivity contribution in [1.29, 1.82) is 0 Å². The topological polar surface area (TPSA) is 171 Å². The van der Waals surface area contributed by atoms with E-state index in [1.54, 1.807) is 0 Å². The Labute approximate surface area is 436 Å². The maximum absolute atomic E-state index is 12.5. The molecule has 6 aromatic carbocycles. The summed E-state index contributed by atoms with van der Waals surface area (Å²) in [6, 6.07) is 52.9. The molecule has 3 heterocycles. The van der Waals surface area contributed by atoms with Crippen LogP contribution in [0.2, 0.25) is 0 Å². The van der Waals surface area contributed by atoms with E-state index >= 15 is 0 Å². The minimum absolute atomic E-state index is 0.0159. The van der Waals surface area contributed by atoms with Crippen molar-refractivity contribution in [3.8, 4) is 0 Å². The molecule has 0 N–H and O–H groups in total. The van der Waals surface area contributed by atoms with E-state index in [0.717, 1.165) is 33.9 Å². The molecule has 0 radical (unpaired) electrons. The van der Waals surface area contributed by atoms with E-state index in [9.17, 15) is 14.9 Å². The number of benzene rings is 6. The van der Waals surface area contributed by atoms with Crippen LogP contribution in [0.4, 0.5) is 5.69 Å². The van der Waals surface area contributed by atoms with Crippen molar-refractivity contribution in [1.82, 2.24) is 0 Å². The van der Waals surface area contributed by atoms with Crippen molar-refractivity contribution in [2.24, 2.45) is 0 Å². The molecule has 3 aliphatic heterocycles. The summed E-state index contributed by atoms with van der Waals surface area (Å²) in [5, 5.41) is 12.5. The SMILES string of the molecule is COC(=O)c1ccc(CO[C@H]2O[C@H](CO[C@H]3O[C@H](COCc4ccccc4)[C@@H](OCc4ccccc4)[C@@H]4OC(C)(C)O[C@H]34)[C@@H](OCc3ccccc3)[C@H](OCc3ccccc3)[C@@H]2OCc2ccccc2)c([N+](=O)[O-])c1. The highest BCUT2D eigenvalue weighted by molar-refractivity contribution is 5.90. The van der Waals surface area contributed by atoms with Crippen LogP contribution in [-0.2, 0) is 96.5 Å². The number of hydrogen-bond acceptors (Lipinski definition) is 15. The molecular weight excluding hydrogens is 963 g/mol. The lowest BCUT2D eigenvalue weighted by Gasteiger charge is -2.47. The summed E-state index contributed by atoms with van der Waals surface area (Å²) in [4.78, 5) is 24.4. The summed E-state index contributed by atoms with van der Waals surface area (Å²) in [5.41, 5.74) is 4.51. The van der Waals surface area contributed by atoms with E-state index < -0.39 is 78.1 Å². The molecule has 10 atom stereocenters. The smallest absolute Gasteiger partial charge is 0.338 e. The number of ether oxygens (including phenoxy) is 12. The second-order valence-electron chi connectivity index (χ2n) is 18.9. The van der Waals surface area contributed by atoms with Crippen molar-refractivity contribution in [3.63, 3.8) is 0 Å². The molecule has 3 saturated heterocycles. The number of fused-ring (bicyclic) bond motifs is 1. The third-order valence-corrected chi connectivity index (χ3v) is 13.1. The van der Waals surface area contributed by atoms with Crippen LogP contribution in [0.1, 0.15) is 57.6 Å². The lowest BCUT2D eigenvalue weighted by atomic mass is 9.97. The fourth-order valence-corrected chi connectivity index (χ4v) is 9.40. The van der Waals surface area contributed by atoms with Crippen LogP contribution in [0.25, 0.3) is 0 Å². The highest BCUT2D eigenvalue weighted by Crippen LogP contribution is 2.41. The van der Waals surface area contributed by atoms with Gasteiger partial charge in [0.2, 0.25) is 0 Å². The fraction of sp³-hybridized carbons (Fsp3) is 0.373. The number of nitro benzene ring substituents is 1. The van der Waals surface area contributed by atoms with E-state index in [-0.39, 0.29) is 63.1 Å². The van der Waals surface area contributed by atoms with Gasteiger partial charge in [-0.25, -0.2) is 4.79 Å². The molecule has 9 rings (SSSR count). The maximum atomic E-state index is 12.5. The number of methoxy groups -OCH3 is 1. The van der Waals surface area contributed by atoms with Crippen molar-refractivity contribution in [2.45, 2.75) is 121 Å². The Morgan fingerprint density at radius 3 is 1.48 bits per heavy atom. The molecule has 3 aliphatic rings. The van der Waals surface area contributed by atoms with Crippen molar-refractivity contribution < 1.29 is 66.6 Å². The number of nitro groups is 1. The summed E-state index contributed by atoms with van der Waals surface area (Å²) in [6.07, 6.45) is -8.61. The number of rotatable bonds is 24. The van der Waals surface area contributed by atoms with Crippen molar-refractivity contribution >= 4 is 11.7 Å². The molecule has 394 valence electrons. The first kappa shape index (κ1) is 53.6. The molecular formula is C59H63NO15. The summed E-state index contributed by atoms with van der Waals surface area (Å²) in [7, 11) is 1.21. The molecule has 0 aromatic heterocycles. The Hall–Kier alpha value is -6.25. The summed E-state index contributed by atoms with van der Waals surface area (Å²) < 4.78 is 79.0. The maximum Gasteiger partial charge on any atom is 0.338 e. The minimum atomic E-state index is -1.22. The van der Waals surface area contributed by atoms with E-state index in [4.69, 9.17) is 56.8 Å². The number of carbonyl (C=O) groups excluding carboxylic acids is 1. The van der Waals surface area contributed by atoms with Gasteiger partial charge in [0, 0.05) is 6.07 Å². The van der Waals surface area contributed by atoms with Gasteiger partial charge >= 0.3 is 5.97 Å². The number of carbonyl (C=O) groups is 1. The Balaban J connectivity index is 1.05. The van der Waals surface area contributed by atoms with Crippen LogP contribution < -0.4 is 0 Å². The van der Waals surface area contributed by atoms with Gasteiger partial charge in [-0.2, -0.15) is 0 Å². The van der Waals surface area contributed by atoms with Crippen LogP contribution in [0.5, 0.6) is 0 Å². The van der Waals surface area contributed by atoms with Crippen LogP contribution in [0.3, 0.4) is 0 Å². The molecule has 0 spiro atoms. The Morgan fingerprint density at radius 2 is 0.960 bits per heavy atom. The molecule has 0 saturated carbocycles. The van der Waals surface area contributed by atoms with Gasteiger partial charge in [-0.1, -0.05) is 152 Å². The predicted octanol–water partition coefficient (Wildman–Crippen LogP) is 9.44. The van der Waals surface area contributed by atoms with E-state index in [1.807, 2.05) is 166 Å². The quantitative estimate of drug-likeness (QED) is 0.0319. The average Bonchev–Trinajstić information content (AvgIpc) is 3.78. The normalized spacial score (nSPS) is 25.1. The number of esters is 1. The van der Waals surface area contributed by atoms with E-state index in [2.05, 4.69) is 0 Å². The Morgan fingerprint density at radius 1 is 0.507 bits per heavy atom. The monoisotopic (exact) mass is 1030 g/mol. The van der Waals surface area contributed by atoms with Gasteiger partial charge in [-0.3, -0.25) is 10.1 Å². The molecule has 0 aliphatic carbocycles. The third kappa shape index (κ3) is 14.4. The Bertz CT molecular complexity index is 2700. The lowest BCUT2D eigenvalue weighted by molar-refractivity contribution is -0.386. The fourth-order valence-electron chi connectivity index (χ4n) is 9.40. The van der Waals surface area contributed by atoms with E-state index in [1.165, 1.54) is 19.2 Å².